The van der Waals surface area contributed by atoms with E-state index >= 15 is 0 Å². The second-order valence-corrected chi connectivity index (χ2v) is 6.57. The molecule has 6 heteroatoms. The number of halogens is 2. The molecule has 0 spiro atoms. The number of hydrogen-bond acceptors (Lipinski definition) is 3. The zero-order valence-electron chi connectivity index (χ0n) is 14.2. The molecule has 0 bridgehead atoms. The van der Waals surface area contributed by atoms with Crippen LogP contribution in [0.5, 0.6) is 0 Å². The molecule has 136 valence electrons. The molecule has 4 nitrogen and oxygen atoms in total. The number of carbonyl (C=O) groups is 1. The van der Waals surface area contributed by atoms with E-state index in [-0.39, 0.29) is 30.7 Å². The highest BCUT2D eigenvalue weighted by Gasteiger charge is 2.22. The standard InChI is InChI=1S/C18H27N3O.2ClH/c22-18(14-19-13-16-7-8-16)21-10-4-9-20(11-12-21)15-17-5-2-1-3-6-17;;/h1-3,5-6,16,19H,4,7-15H2;2*1H. The van der Waals surface area contributed by atoms with E-state index in [9.17, 15) is 4.79 Å². The maximum absolute atomic E-state index is 12.3. The Morgan fingerprint density at radius 2 is 1.79 bits per heavy atom. The first-order valence-corrected chi connectivity index (χ1v) is 8.56. The molecule has 1 saturated heterocycles. The van der Waals surface area contributed by atoms with E-state index in [2.05, 4.69) is 40.5 Å². The van der Waals surface area contributed by atoms with Crippen molar-refractivity contribution in [1.29, 1.82) is 0 Å². The normalized spacial score (nSPS) is 18.2. The molecule has 0 aromatic heterocycles. The lowest BCUT2D eigenvalue weighted by atomic mass is 10.2. The fourth-order valence-electron chi connectivity index (χ4n) is 3.04. The fourth-order valence-corrected chi connectivity index (χ4v) is 3.04. The molecule has 3 rings (SSSR count). The summed E-state index contributed by atoms with van der Waals surface area (Å²) in [6.45, 7) is 6.32. The second-order valence-electron chi connectivity index (χ2n) is 6.57. The van der Waals surface area contributed by atoms with Crippen molar-refractivity contribution in [3.63, 3.8) is 0 Å². The number of amides is 1. The molecule has 1 amide bonds. The Labute approximate surface area is 157 Å². The van der Waals surface area contributed by atoms with Gasteiger partial charge >= 0.3 is 0 Å². The molecule has 1 saturated carbocycles. The SMILES string of the molecule is Cl.Cl.O=C(CNCC1CC1)N1CCCN(Cc2ccccc2)CC1. The number of benzene rings is 1. The Balaban J connectivity index is 0.00000144. The van der Waals surface area contributed by atoms with Crippen LogP contribution in [-0.2, 0) is 11.3 Å². The van der Waals surface area contributed by atoms with Crippen LogP contribution in [-0.4, -0.2) is 55.0 Å². The number of carbonyl (C=O) groups excluding carboxylic acids is 1. The van der Waals surface area contributed by atoms with Gasteiger partial charge in [-0.2, -0.15) is 0 Å². The lowest BCUT2D eigenvalue weighted by Gasteiger charge is -2.22. The van der Waals surface area contributed by atoms with E-state index in [4.69, 9.17) is 0 Å². The number of hydrogen-bond donors (Lipinski definition) is 1. The summed E-state index contributed by atoms with van der Waals surface area (Å²) in [6.07, 6.45) is 3.74. The van der Waals surface area contributed by atoms with Gasteiger partial charge in [0.15, 0.2) is 0 Å². The summed E-state index contributed by atoms with van der Waals surface area (Å²) in [4.78, 5) is 16.8. The molecule has 1 aromatic rings. The van der Waals surface area contributed by atoms with Gasteiger partial charge in [-0.25, -0.2) is 0 Å². The van der Waals surface area contributed by atoms with Crippen molar-refractivity contribution in [2.45, 2.75) is 25.8 Å². The van der Waals surface area contributed by atoms with Gasteiger partial charge in [0.25, 0.3) is 0 Å². The van der Waals surface area contributed by atoms with Crippen LogP contribution < -0.4 is 5.32 Å². The Morgan fingerprint density at radius 3 is 2.50 bits per heavy atom. The van der Waals surface area contributed by atoms with Crippen molar-refractivity contribution >= 4 is 30.7 Å². The van der Waals surface area contributed by atoms with Crippen LogP contribution in [0.3, 0.4) is 0 Å². The van der Waals surface area contributed by atoms with Crippen molar-refractivity contribution in [2.75, 3.05) is 39.3 Å². The van der Waals surface area contributed by atoms with Crippen LogP contribution in [0.15, 0.2) is 30.3 Å². The van der Waals surface area contributed by atoms with Gasteiger partial charge in [-0.05, 0) is 37.3 Å². The topological polar surface area (TPSA) is 35.6 Å². The van der Waals surface area contributed by atoms with Gasteiger partial charge in [-0.3, -0.25) is 9.69 Å². The van der Waals surface area contributed by atoms with Gasteiger partial charge in [0.2, 0.25) is 5.91 Å². The van der Waals surface area contributed by atoms with Crippen LogP contribution in [0, 0.1) is 5.92 Å². The van der Waals surface area contributed by atoms with Crippen LogP contribution in [0.25, 0.3) is 0 Å². The lowest BCUT2D eigenvalue weighted by Crippen LogP contribution is -2.40. The van der Waals surface area contributed by atoms with Crippen molar-refractivity contribution < 1.29 is 4.79 Å². The zero-order valence-corrected chi connectivity index (χ0v) is 15.8. The monoisotopic (exact) mass is 373 g/mol. The first kappa shape index (κ1) is 21.2. The summed E-state index contributed by atoms with van der Waals surface area (Å²) in [5, 5.41) is 3.31. The Bertz CT molecular complexity index is 482. The number of nitrogens with one attached hydrogen (secondary N) is 1. The largest absolute Gasteiger partial charge is 0.340 e. The maximum Gasteiger partial charge on any atom is 0.236 e. The van der Waals surface area contributed by atoms with E-state index in [1.807, 2.05) is 4.90 Å². The van der Waals surface area contributed by atoms with Gasteiger partial charge in [0.05, 0.1) is 6.54 Å². The van der Waals surface area contributed by atoms with Crippen LogP contribution >= 0.6 is 24.8 Å². The Morgan fingerprint density at radius 1 is 1.04 bits per heavy atom. The van der Waals surface area contributed by atoms with Crippen molar-refractivity contribution in [3.8, 4) is 0 Å². The third-order valence-corrected chi connectivity index (χ3v) is 4.60. The molecule has 0 atom stereocenters. The smallest absolute Gasteiger partial charge is 0.236 e. The third kappa shape index (κ3) is 6.98. The quantitative estimate of drug-likeness (QED) is 0.832. The molecule has 2 aliphatic rings. The average Bonchev–Trinajstić information content (AvgIpc) is 3.36. The van der Waals surface area contributed by atoms with Crippen LogP contribution in [0.2, 0.25) is 0 Å². The van der Waals surface area contributed by atoms with E-state index < -0.39 is 0 Å². The van der Waals surface area contributed by atoms with E-state index in [1.165, 1.54) is 18.4 Å². The minimum absolute atomic E-state index is 0. The van der Waals surface area contributed by atoms with Gasteiger partial charge in [-0.15, -0.1) is 24.8 Å². The molecule has 1 aliphatic carbocycles. The number of nitrogens with zero attached hydrogens (tertiary/aromatic N) is 2. The van der Waals surface area contributed by atoms with Crippen LogP contribution in [0.1, 0.15) is 24.8 Å². The molecular formula is C18H29Cl2N3O. The van der Waals surface area contributed by atoms with Gasteiger partial charge < -0.3 is 10.2 Å². The van der Waals surface area contributed by atoms with E-state index in [1.54, 1.807) is 0 Å². The molecule has 24 heavy (non-hydrogen) atoms. The van der Waals surface area contributed by atoms with E-state index in [0.717, 1.165) is 51.6 Å². The molecular weight excluding hydrogens is 345 g/mol. The predicted octanol–water partition coefficient (Wildman–Crippen LogP) is 2.56. The minimum atomic E-state index is 0. The van der Waals surface area contributed by atoms with Crippen molar-refractivity contribution in [1.82, 2.24) is 15.1 Å². The minimum Gasteiger partial charge on any atom is -0.340 e. The summed E-state index contributed by atoms with van der Waals surface area (Å²) in [5.41, 5.74) is 1.35. The first-order valence-electron chi connectivity index (χ1n) is 8.56. The third-order valence-electron chi connectivity index (χ3n) is 4.60. The summed E-state index contributed by atoms with van der Waals surface area (Å²) in [7, 11) is 0. The predicted molar refractivity (Wildman–Crippen MR) is 103 cm³/mol. The zero-order chi connectivity index (χ0) is 15.2. The maximum atomic E-state index is 12.3. The van der Waals surface area contributed by atoms with Crippen molar-refractivity contribution in [2.24, 2.45) is 5.92 Å². The van der Waals surface area contributed by atoms with Gasteiger partial charge in [0, 0.05) is 32.7 Å². The Hall–Kier alpha value is -0.810. The molecule has 1 N–H and O–H groups in total. The highest BCUT2D eigenvalue weighted by atomic mass is 35.5. The Kier molecular flexibility index (Phi) is 9.67. The van der Waals surface area contributed by atoms with E-state index in [0.29, 0.717) is 6.54 Å². The van der Waals surface area contributed by atoms with Crippen LogP contribution in [0.4, 0.5) is 0 Å². The fraction of sp³-hybridized carbons (Fsp3) is 0.611. The first-order chi connectivity index (χ1) is 10.8. The molecule has 2 fully saturated rings. The lowest BCUT2D eigenvalue weighted by molar-refractivity contribution is -0.130. The molecule has 1 aromatic carbocycles. The number of rotatable bonds is 6. The highest BCUT2D eigenvalue weighted by molar-refractivity contribution is 5.85. The summed E-state index contributed by atoms with van der Waals surface area (Å²) in [5.74, 6) is 1.10. The van der Waals surface area contributed by atoms with Gasteiger partial charge in [0.1, 0.15) is 0 Å². The summed E-state index contributed by atoms with van der Waals surface area (Å²) >= 11 is 0. The molecule has 0 unspecified atom stereocenters. The molecule has 1 heterocycles. The summed E-state index contributed by atoms with van der Waals surface area (Å²) < 4.78 is 0. The van der Waals surface area contributed by atoms with Crippen molar-refractivity contribution in [3.05, 3.63) is 35.9 Å². The highest BCUT2D eigenvalue weighted by Crippen LogP contribution is 2.27. The second kappa shape index (κ2) is 10.9. The summed E-state index contributed by atoms with van der Waals surface area (Å²) in [6, 6.07) is 10.6. The average molecular weight is 374 g/mol. The van der Waals surface area contributed by atoms with Gasteiger partial charge in [-0.1, -0.05) is 30.3 Å². The molecule has 1 aliphatic heterocycles. The molecule has 0 radical (unpaired) electrons.